The van der Waals surface area contributed by atoms with Gasteiger partial charge in [0.15, 0.2) is 5.82 Å². The van der Waals surface area contributed by atoms with E-state index in [0.29, 0.717) is 22.8 Å². The zero-order valence-electron chi connectivity index (χ0n) is 9.87. The summed E-state index contributed by atoms with van der Waals surface area (Å²) in [5.41, 5.74) is 0. The molecule has 1 aromatic rings. The fourth-order valence-electron chi connectivity index (χ4n) is 1.91. The SMILES string of the molecule is COc1ncc(Cl)c(NCC2CCCNC2)n1. The molecule has 0 saturated carbocycles. The van der Waals surface area contributed by atoms with Crippen LogP contribution in [0.5, 0.6) is 6.01 Å². The largest absolute Gasteiger partial charge is 0.467 e. The Morgan fingerprint density at radius 2 is 2.53 bits per heavy atom. The van der Waals surface area contributed by atoms with E-state index in [-0.39, 0.29) is 0 Å². The highest BCUT2D eigenvalue weighted by atomic mass is 35.5. The molecule has 0 spiro atoms. The first kappa shape index (κ1) is 12.4. The minimum absolute atomic E-state index is 0.332. The van der Waals surface area contributed by atoms with Crippen LogP contribution >= 0.6 is 11.6 Å². The van der Waals surface area contributed by atoms with Crippen molar-refractivity contribution in [3.63, 3.8) is 0 Å². The third-order valence-electron chi connectivity index (χ3n) is 2.86. The lowest BCUT2D eigenvalue weighted by Gasteiger charge is -2.23. The molecule has 2 N–H and O–H groups in total. The average Bonchev–Trinajstić information content (AvgIpc) is 2.39. The molecule has 1 fully saturated rings. The monoisotopic (exact) mass is 256 g/mol. The molecule has 1 atom stereocenters. The molecular formula is C11H17ClN4O. The maximum absolute atomic E-state index is 6.01. The van der Waals surface area contributed by atoms with Gasteiger partial charge in [-0.2, -0.15) is 4.98 Å². The van der Waals surface area contributed by atoms with E-state index in [0.717, 1.165) is 19.6 Å². The zero-order chi connectivity index (χ0) is 12.1. The third-order valence-corrected chi connectivity index (χ3v) is 3.14. The minimum atomic E-state index is 0.332. The predicted molar refractivity (Wildman–Crippen MR) is 67.7 cm³/mol. The van der Waals surface area contributed by atoms with Gasteiger partial charge in [-0.05, 0) is 31.8 Å². The number of aromatic nitrogens is 2. The summed E-state index contributed by atoms with van der Waals surface area (Å²) < 4.78 is 4.97. The van der Waals surface area contributed by atoms with Gasteiger partial charge in [0.25, 0.3) is 0 Å². The Kier molecular flexibility index (Phi) is 4.39. The second kappa shape index (κ2) is 6.02. The summed E-state index contributed by atoms with van der Waals surface area (Å²) >= 11 is 6.01. The van der Waals surface area contributed by atoms with Crippen LogP contribution < -0.4 is 15.4 Å². The Labute approximate surface area is 106 Å². The number of piperidine rings is 1. The smallest absolute Gasteiger partial charge is 0.318 e. The van der Waals surface area contributed by atoms with Crippen LogP contribution in [-0.4, -0.2) is 36.7 Å². The van der Waals surface area contributed by atoms with Gasteiger partial charge < -0.3 is 15.4 Å². The molecule has 0 amide bonds. The zero-order valence-corrected chi connectivity index (χ0v) is 10.6. The summed E-state index contributed by atoms with van der Waals surface area (Å²) in [6.45, 7) is 3.04. The number of hydrogen-bond acceptors (Lipinski definition) is 5. The number of rotatable bonds is 4. The van der Waals surface area contributed by atoms with Crippen molar-refractivity contribution in [2.45, 2.75) is 12.8 Å². The Morgan fingerprint density at radius 1 is 1.65 bits per heavy atom. The Balaban J connectivity index is 1.92. The lowest BCUT2D eigenvalue weighted by molar-refractivity contribution is 0.379. The highest BCUT2D eigenvalue weighted by molar-refractivity contribution is 6.32. The van der Waals surface area contributed by atoms with Crippen LogP contribution in [0.1, 0.15) is 12.8 Å². The molecule has 2 heterocycles. The molecule has 17 heavy (non-hydrogen) atoms. The molecule has 6 heteroatoms. The molecule has 2 rings (SSSR count). The van der Waals surface area contributed by atoms with Crippen LogP contribution in [0.25, 0.3) is 0 Å². The summed E-state index contributed by atoms with van der Waals surface area (Å²) in [7, 11) is 1.54. The number of halogens is 1. The van der Waals surface area contributed by atoms with E-state index in [1.54, 1.807) is 6.20 Å². The van der Waals surface area contributed by atoms with Crippen molar-refractivity contribution < 1.29 is 4.74 Å². The third kappa shape index (κ3) is 3.44. The van der Waals surface area contributed by atoms with Gasteiger partial charge in [0.2, 0.25) is 0 Å². The van der Waals surface area contributed by atoms with Gasteiger partial charge in [0.1, 0.15) is 5.02 Å². The van der Waals surface area contributed by atoms with Crippen molar-refractivity contribution in [1.29, 1.82) is 0 Å². The van der Waals surface area contributed by atoms with Gasteiger partial charge in [0.05, 0.1) is 13.3 Å². The number of ether oxygens (including phenoxy) is 1. The van der Waals surface area contributed by atoms with Crippen LogP contribution in [0.2, 0.25) is 5.02 Å². The van der Waals surface area contributed by atoms with Gasteiger partial charge in [-0.1, -0.05) is 11.6 Å². The van der Waals surface area contributed by atoms with Gasteiger partial charge in [-0.15, -0.1) is 0 Å². The van der Waals surface area contributed by atoms with Crippen LogP contribution in [0, 0.1) is 5.92 Å². The van der Waals surface area contributed by atoms with E-state index in [4.69, 9.17) is 16.3 Å². The molecule has 1 aromatic heterocycles. The van der Waals surface area contributed by atoms with Crippen molar-refractivity contribution in [1.82, 2.24) is 15.3 Å². The van der Waals surface area contributed by atoms with Crippen LogP contribution in [0.15, 0.2) is 6.20 Å². The van der Waals surface area contributed by atoms with Gasteiger partial charge >= 0.3 is 6.01 Å². The van der Waals surface area contributed by atoms with Crippen LogP contribution in [0.4, 0.5) is 5.82 Å². The van der Waals surface area contributed by atoms with Crippen LogP contribution in [-0.2, 0) is 0 Å². The molecule has 94 valence electrons. The fourth-order valence-corrected chi connectivity index (χ4v) is 2.07. The van der Waals surface area contributed by atoms with E-state index in [1.807, 2.05) is 0 Å². The van der Waals surface area contributed by atoms with E-state index in [1.165, 1.54) is 20.0 Å². The fraction of sp³-hybridized carbons (Fsp3) is 0.636. The molecule has 1 unspecified atom stereocenters. The molecule has 0 bridgehead atoms. The van der Waals surface area contributed by atoms with Gasteiger partial charge in [-0.25, -0.2) is 4.98 Å². The predicted octanol–water partition coefficient (Wildman–Crippen LogP) is 1.55. The molecule has 5 nitrogen and oxygen atoms in total. The first-order chi connectivity index (χ1) is 8.29. The average molecular weight is 257 g/mol. The van der Waals surface area contributed by atoms with E-state index in [2.05, 4.69) is 20.6 Å². The first-order valence-electron chi connectivity index (χ1n) is 5.80. The molecule has 1 aliphatic rings. The molecule has 0 aliphatic carbocycles. The highest BCUT2D eigenvalue weighted by Crippen LogP contribution is 2.21. The molecular weight excluding hydrogens is 240 g/mol. The number of nitrogens with zero attached hydrogens (tertiary/aromatic N) is 2. The minimum Gasteiger partial charge on any atom is -0.467 e. The normalized spacial score (nSPS) is 20.0. The summed E-state index contributed by atoms with van der Waals surface area (Å²) in [5, 5.41) is 7.15. The number of anilines is 1. The van der Waals surface area contributed by atoms with Gasteiger partial charge in [0, 0.05) is 6.54 Å². The van der Waals surface area contributed by atoms with Crippen molar-refractivity contribution in [2.75, 3.05) is 32.1 Å². The second-order valence-electron chi connectivity index (χ2n) is 4.15. The molecule has 1 aliphatic heterocycles. The van der Waals surface area contributed by atoms with E-state index in [9.17, 15) is 0 Å². The maximum Gasteiger partial charge on any atom is 0.318 e. The summed E-state index contributed by atoms with van der Waals surface area (Å²) in [6.07, 6.45) is 4.02. The number of methoxy groups -OCH3 is 1. The number of nitrogens with one attached hydrogen (secondary N) is 2. The van der Waals surface area contributed by atoms with E-state index >= 15 is 0 Å². The second-order valence-corrected chi connectivity index (χ2v) is 4.55. The van der Waals surface area contributed by atoms with Crippen LogP contribution in [0.3, 0.4) is 0 Å². The topological polar surface area (TPSA) is 59.1 Å². The Hall–Kier alpha value is -1.07. The Morgan fingerprint density at radius 3 is 3.24 bits per heavy atom. The molecule has 0 aromatic carbocycles. The lowest BCUT2D eigenvalue weighted by Crippen LogP contribution is -2.33. The number of hydrogen-bond donors (Lipinski definition) is 2. The summed E-state index contributed by atoms with van der Waals surface area (Å²) in [4.78, 5) is 8.11. The summed E-state index contributed by atoms with van der Waals surface area (Å²) in [6, 6.07) is 0.332. The molecule has 0 radical (unpaired) electrons. The standard InChI is InChI=1S/C11H17ClN4O/c1-17-11-15-7-9(12)10(16-11)14-6-8-3-2-4-13-5-8/h7-8,13H,2-6H2,1H3,(H,14,15,16). The first-order valence-corrected chi connectivity index (χ1v) is 6.18. The lowest BCUT2D eigenvalue weighted by atomic mass is 10.00. The van der Waals surface area contributed by atoms with Gasteiger partial charge in [-0.3, -0.25) is 0 Å². The summed E-state index contributed by atoms with van der Waals surface area (Å²) in [5.74, 6) is 1.27. The van der Waals surface area contributed by atoms with Crippen molar-refractivity contribution in [2.24, 2.45) is 5.92 Å². The molecule has 1 saturated heterocycles. The highest BCUT2D eigenvalue weighted by Gasteiger charge is 2.13. The van der Waals surface area contributed by atoms with Crippen molar-refractivity contribution in [3.8, 4) is 6.01 Å². The quantitative estimate of drug-likeness (QED) is 0.856. The maximum atomic E-state index is 6.01. The van der Waals surface area contributed by atoms with Crippen molar-refractivity contribution >= 4 is 17.4 Å². The van der Waals surface area contributed by atoms with Crippen molar-refractivity contribution in [3.05, 3.63) is 11.2 Å². The van der Waals surface area contributed by atoms with E-state index < -0.39 is 0 Å². The Bertz CT molecular complexity index is 368.